The summed E-state index contributed by atoms with van der Waals surface area (Å²) in [6.45, 7) is 5.57. The summed E-state index contributed by atoms with van der Waals surface area (Å²) in [4.78, 5) is 25.3. The number of aromatic nitrogens is 3. The molecule has 1 aliphatic rings. The van der Waals surface area contributed by atoms with Gasteiger partial charge < -0.3 is 10.1 Å². The SMILES string of the molecule is CC(C)(C)OC(=O)NCc1ccc2ccc(-c3cccc(C4CC4(F)F)n3)nc2n1. The van der Waals surface area contributed by atoms with Crippen molar-refractivity contribution in [2.75, 3.05) is 0 Å². The largest absolute Gasteiger partial charge is 0.444 e. The molecule has 1 unspecified atom stereocenters. The van der Waals surface area contributed by atoms with Gasteiger partial charge in [-0.3, -0.25) is 4.98 Å². The van der Waals surface area contributed by atoms with Crippen LogP contribution in [0.15, 0.2) is 42.5 Å². The Morgan fingerprint density at radius 2 is 1.80 bits per heavy atom. The maximum atomic E-state index is 13.4. The Labute approximate surface area is 172 Å². The Kier molecular flexibility index (Phi) is 4.88. The number of pyridine rings is 3. The van der Waals surface area contributed by atoms with Crippen molar-refractivity contribution in [3.8, 4) is 11.4 Å². The molecule has 1 aliphatic carbocycles. The lowest BCUT2D eigenvalue weighted by atomic mass is 10.1. The molecule has 156 valence electrons. The van der Waals surface area contributed by atoms with E-state index in [0.29, 0.717) is 28.4 Å². The number of fused-ring (bicyclic) bond motifs is 1. The number of hydrogen-bond donors (Lipinski definition) is 1. The van der Waals surface area contributed by atoms with Crippen LogP contribution in [-0.4, -0.2) is 32.6 Å². The molecule has 3 aromatic heterocycles. The third-order valence-electron chi connectivity index (χ3n) is 4.64. The van der Waals surface area contributed by atoms with E-state index in [1.54, 1.807) is 51.1 Å². The average Bonchev–Trinajstić information content (AvgIpc) is 3.33. The van der Waals surface area contributed by atoms with Gasteiger partial charge in [-0.2, -0.15) is 0 Å². The first-order chi connectivity index (χ1) is 14.1. The van der Waals surface area contributed by atoms with Crippen molar-refractivity contribution >= 4 is 17.1 Å². The summed E-state index contributed by atoms with van der Waals surface area (Å²) in [6.07, 6.45) is -0.687. The summed E-state index contributed by atoms with van der Waals surface area (Å²) >= 11 is 0. The first kappa shape index (κ1) is 20.1. The fourth-order valence-corrected chi connectivity index (χ4v) is 3.08. The van der Waals surface area contributed by atoms with E-state index < -0.39 is 23.5 Å². The highest BCUT2D eigenvalue weighted by atomic mass is 19.3. The molecule has 6 nitrogen and oxygen atoms in total. The summed E-state index contributed by atoms with van der Waals surface area (Å²) in [6, 6.07) is 12.4. The second kappa shape index (κ2) is 7.27. The Morgan fingerprint density at radius 1 is 1.10 bits per heavy atom. The molecule has 0 aromatic carbocycles. The van der Waals surface area contributed by atoms with Crippen molar-refractivity contribution in [2.45, 2.75) is 51.2 Å². The van der Waals surface area contributed by atoms with Gasteiger partial charge in [0.15, 0.2) is 5.65 Å². The van der Waals surface area contributed by atoms with Crippen molar-refractivity contribution in [2.24, 2.45) is 0 Å². The summed E-state index contributed by atoms with van der Waals surface area (Å²) in [7, 11) is 0. The van der Waals surface area contributed by atoms with Crippen LogP contribution in [0.1, 0.15) is 44.5 Å². The molecule has 1 fully saturated rings. The molecule has 1 amide bonds. The number of halogens is 2. The van der Waals surface area contributed by atoms with E-state index in [9.17, 15) is 13.6 Å². The lowest BCUT2D eigenvalue weighted by Crippen LogP contribution is -2.32. The van der Waals surface area contributed by atoms with Crippen molar-refractivity contribution in [1.82, 2.24) is 20.3 Å². The Bertz CT molecular complexity index is 1110. The first-order valence-corrected chi connectivity index (χ1v) is 9.69. The second-order valence-corrected chi connectivity index (χ2v) is 8.37. The van der Waals surface area contributed by atoms with Crippen molar-refractivity contribution < 1.29 is 18.3 Å². The smallest absolute Gasteiger partial charge is 0.407 e. The van der Waals surface area contributed by atoms with Crippen molar-refractivity contribution in [1.29, 1.82) is 0 Å². The van der Waals surface area contributed by atoms with Gasteiger partial charge in [0.05, 0.1) is 35.2 Å². The number of amides is 1. The minimum absolute atomic E-state index is 0.163. The molecule has 0 radical (unpaired) electrons. The number of hydrogen-bond acceptors (Lipinski definition) is 5. The number of nitrogens with one attached hydrogen (secondary N) is 1. The van der Waals surface area contributed by atoms with Gasteiger partial charge in [0.2, 0.25) is 0 Å². The first-order valence-electron chi connectivity index (χ1n) is 9.69. The molecule has 3 aromatic rings. The van der Waals surface area contributed by atoms with Crippen molar-refractivity contribution in [3.63, 3.8) is 0 Å². The monoisotopic (exact) mass is 412 g/mol. The number of ether oxygens (including phenoxy) is 1. The highest BCUT2D eigenvalue weighted by Gasteiger charge is 2.58. The van der Waals surface area contributed by atoms with Crippen LogP contribution in [0.25, 0.3) is 22.4 Å². The van der Waals surface area contributed by atoms with Gasteiger partial charge in [-0.25, -0.2) is 23.5 Å². The van der Waals surface area contributed by atoms with E-state index in [-0.39, 0.29) is 13.0 Å². The summed E-state index contributed by atoms with van der Waals surface area (Å²) in [5, 5.41) is 3.49. The zero-order chi connectivity index (χ0) is 21.5. The summed E-state index contributed by atoms with van der Waals surface area (Å²) < 4.78 is 32.0. The van der Waals surface area contributed by atoms with Crippen LogP contribution in [0.5, 0.6) is 0 Å². The zero-order valence-corrected chi connectivity index (χ0v) is 16.9. The fourth-order valence-electron chi connectivity index (χ4n) is 3.08. The Balaban J connectivity index is 1.54. The van der Waals surface area contributed by atoms with Crippen LogP contribution in [0.3, 0.4) is 0 Å². The third-order valence-corrected chi connectivity index (χ3v) is 4.64. The highest BCUT2D eigenvalue weighted by molar-refractivity contribution is 5.78. The minimum Gasteiger partial charge on any atom is -0.444 e. The topological polar surface area (TPSA) is 77.0 Å². The van der Waals surface area contributed by atoms with Gasteiger partial charge in [-0.1, -0.05) is 6.07 Å². The van der Waals surface area contributed by atoms with Crippen LogP contribution >= 0.6 is 0 Å². The highest BCUT2D eigenvalue weighted by Crippen LogP contribution is 2.55. The van der Waals surface area contributed by atoms with Crippen LogP contribution in [0, 0.1) is 0 Å². The molecule has 0 bridgehead atoms. The molecule has 0 saturated heterocycles. The van der Waals surface area contributed by atoms with Crippen LogP contribution in [0.4, 0.5) is 13.6 Å². The van der Waals surface area contributed by atoms with Gasteiger partial charge in [0.25, 0.3) is 5.92 Å². The molecule has 0 aliphatic heterocycles. The normalized spacial score (nSPS) is 17.6. The Hall–Kier alpha value is -3.16. The predicted octanol–water partition coefficient (Wildman–Crippen LogP) is 4.84. The molecule has 1 atom stereocenters. The lowest BCUT2D eigenvalue weighted by molar-refractivity contribution is 0.0523. The molecule has 1 saturated carbocycles. The summed E-state index contributed by atoms with van der Waals surface area (Å²) in [5.41, 5.74) is 1.98. The standard InChI is InChI=1S/C22H22F2N4O2/c1-21(2,3)30-20(29)25-12-14-9-7-13-8-10-18(28-19(13)26-14)17-6-4-5-16(27-17)15-11-22(15,23)24/h4-10,15H,11-12H2,1-3H3,(H,25,29). The molecule has 4 rings (SSSR count). The van der Waals surface area contributed by atoms with E-state index >= 15 is 0 Å². The minimum atomic E-state index is -2.67. The van der Waals surface area contributed by atoms with E-state index in [1.165, 1.54) is 0 Å². The van der Waals surface area contributed by atoms with Gasteiger partial charge in [0, 0.05) is 11.8 Å². The van der Waals surface area contributed by atoms with Gasteiger partial charge in [0.1, 0.15) is 5.60 Å². The maximum Gasteiger partial charge on any atom is 0.407 e. The number of rotatable bonds is 4. The van der Waals surface area contributed by atoms with Gasteiger partial charge >= 0.3 is 6.09 Å². The molecule has 0 spiro atoms. The number of carbonyl (C=O) groups is 1. The number of alkyl carbamates (subject to hydrolysis) is 1. The molecular weight excluding hydrogens is 390 g/mol. The number of nitrogens with zero attached hydrogens (tertiary/aromatic N) is 3. The average molecular weight is 412 g/mol. The third kappa shape index (κ3) is 4.53. The molecule has 1 N–H and O–H groups in total. The molecule has 3 heterocycles. The molecular formula is C22H22F2N4O2. The second-order valence-electron chi connectivity index (χ2n) is 8.37. The van der Waals surface area contributed by atoms with Gasteiger partial charge in [-0.05, 0) is 57.2 Å². The van der Waals surface area contributed by atoms with E-state index in [2.05, 4.69) is 20.3 Å². The molecule has 8 heteroatoms. The fraction of sp³-hybridized carbons (Fsp3) is 0.364. The number of carbonyl (C=O) groups excluding carboxylic acids is 1. The predicted molar refractivity (Wildman–Crippen MR) is 108 cm³/mol. The maximum absolute atomic E-state index is 13.4. The Morgan fingerprint density at radius 3 is 2.50 bits per heavy atom. The zero-order valence-electron chi connectivity index (χ0n) is 16.9. The van der Waals surface area contributed by atoms with Crippen LogP contribution in [-0.2, 0) is 11.3 Å². The summed E-state index contributed by atoms with van der Waals surface area (Å²) in [5.74, 6) is -3.48. The van der Waals surface area contributed by atoms with Crippen LogP contribution in [0.2, 0.25) is 0 Å². The lowest BCUT2D eigenvalue weighted by Gasteiger charge is -2.19. The molecule has 30 heavy (non-hydrogen) atoms. The quantitative estimate of drug-likeness (QED) is 0.664. The van der Waals surface area contributed by atoms with Gasteiger partial charge in [-0.15, -0.1) is 0 Å². The van der Waals surface area contributed by atoms with E-state index in [1.807, 2.05) is 12.1 Å². The van der Waals surface area contributed by atoms with Crippen molar-refractivity contribution in [3.05, 3.63) is 53.9 Å². The van der Waals surface area contributed by atoms with Crippen LogP contribution < -0.4 is 5.32 Å². The van der Waals surface area contributed by atoms with E-state index in [0.717, 1.165) is 5.39 Å². The number of alkyl halides is 2. The van der Waals surface area contributed by atoms with E-state index in [4.69, 9.17) is 4.74 Å².